The van der Waals surface area contributed by atoms with Crippen LogP contribution in [-0.2, 0) is 0 Å². The third-order valence-electron chi connectivity index (χ3n) is 2.93. The average Bonchev–Trinajstić information content (AvgIpc) is 2.41. The normalized spacial score (nSPS) is 10.3. The summed E-state index contributed by atoms with van der Waals surface area (Å²) in [6.07, 6.45) is 0. The minimum absolute atomic E-state index is 0.319. The van der Waals surface area contributed by atoms with Gasteiger partial charge in [-0.1, -0.05) is 26.0 Å². The highest BCUT2D eigenvalue weighted by Crippen LogP contribution is 2.24. The number of nitrogens with zero attached hydrogens (tertiary/aromatic N) is 1. The Morgan fingerprint density at radius 1 is 1.16 bits per heavy atom. The number of benzene rings is 2. The lowest BCUT2D eigenvalue weighted by molar-refractivity contribution is 0.631. The van der Waals surface area contributed by atoms with Crippen molar-refractivity contribution in [3.63, 3.8) is 0 Å². The van der Waals surface area contributed by atoms with Gasteiger partial charge < -0.3 is 5.32 Å². The highest BCUT2D eigenvalue weighted by Gasteiger charge is 2.05. The number of hydrogen-bond donors (Lipinski definition) is 1. The van der Waals surface area contributed by atoms with E-state index in [2.05, 4.69) is 19.2 Å². The summed E-state index contributed by atoms with van der Waals surface area (Å²) in [7, 11) is 0. The number of nitrogens with one attached hydrogen (secondary N) is 1. The average molecular weight is 254 g/mol. The van der Waals surface area contributed by atoms with E-state index in [1.54, 1.807) is 12.1 Å². The molecule has 19 heavy (non-hydrogen) atoms. The highest BCUT2D eigenvalue weighted by molar-refractivity contribution is 5.62. The second-order valence-electron chi connectivity index (χ2n) is 4.71. The molecule has 1 N–H and O–H groups in total. The van der Waals surface area contributed by atoms with Gasteiger partial charge in [-0.05, 0) is 41.8 Å². The Kier molecular flexibility index (Phi) is 3.82. The molecule has 0 aromatic heterocycles. The quantitative estimate of drug-likeness (QED) is 0.871. The summed E-state index contributed by atoms with van der Waals surface area (Å²) in [5.41, 5.74) is 2.73. The third kappa shape index (κ3) is 3.11. The summed E-state index contributed by atoms with van der Waals surface area (Å²) in [6.45, 7) is 4.23. The zero-order valence-electron chi connectivity index (χ0n) is 10.9. The molecule has 0 aliphatic carbocycles. The largest absolute Gasteiger partial charge is 0.353 e. The molecule has 0 aliphatic heterocycles. The lowest BCUT2D eigenvalue weighted by atomic mass is 10.0. The third-order valence-corrected chi connectivity index (χ3v) is 2.93. The maximum atomic E-state index is 13.8. The number of hydrogen-bond acceptors (Lipinski definition) is 2. The first-order valence-electron chi connectivity index (χ1n) is 6.17. The van der Waals surface area contributed by atoms with Gasteiger partial charge in [0.1, 0.15) is 5.82 Å². The standard InChI is InChI=1S/C16H15FN2/c1-11(2)13-4-3-5-14(9-13)19-16-7-6-12(10-18)8-15(16)17/h3-9,11,19H,1-2H3. The van der Waals surface area contributed by atoms with E-state index in [9.17, 15) is 4.39 Å². The van der Waals surface area contributed by atoms with Gasteiger partial charge in [0.05, 0.1) is 17.3 Å². The van der Waals surface area contributed by atoms with Crippen molar-refractivity contribution in [3.8, 4) is 6.07 Å². The summed E-state index contributed by atoms with van der Waals surface area (Å²) in [6, 6.07) is 14.2. The van der Waals surface area contributed by atoms with E-state index >= 15 is 0 Å². The first-order valence-corrected chi connectivity index (χ1v) is 6.17. The summed E-state index contributed by atoms with van der Waals surface area (Å²) >= 11 is 0. The van der Waals surface area contributed by atoms with Crippen molar-refractivity contribution < 1.29 is 4.39 Å². The van der Waals surface area contributed by atoms with Gasteiger partial charge in [0.15, 0.2) is 0 Å². The first kappa shape index (κ1) is 13.1. The predicted molar refractivity (Wildman–Crippen MR) is 74.9 cm³/mol. The second kappa shape index (κ2) is 5.53. The molecular formula is C16H15FN2. The Morgan fingerprint density at radius 2 is 1.95 bits per heavy atom. The molecule has 0 fully saturated rings. The van der Waals surface area contributed by atoms with E-state index in [1.165, 1.54) is 11.6 Å². The minimum atomic E-state index is -0.422. The van der Waals surface area contributed by atoms with Crippen LogP contribution in [0.25, 0.3) is 0 Å². The molecule has 2 aromatic carbocycles. The van der Waals surface area contributed by atoms with Crippen molar-refractivity contribution in [2.45, 2.75) is 19.8 Å². The van der Waals surface area contributed by atoms with Crippen molar-refractivity contribution in [2.24, 2.45) is 0 Å². The van der Waals surface area contributed by atoms with Crippen molar-refractivity contribution in [1.29, 1.82) is 5.26 Å². The molecule has 0 saturated heterocycles. The number of halogens is 1. The van der Waals surface area contributed by atoms with Crippen LogP contribution in [-0.4, -0.2) is 0 Å². The Labute approximate surface area is 112 Å². The molecule has 0 unspecified atom stereocenters. The zero-order valence-corrected chi connectivity index (χ0v) is 10.9. The molecule has 2 rings (SSSR count). The van der Waals surface area contributed by atoms with Crippen molar-refractivity contribution in [2.75, 3.05) is 5.32 Å². The Bertz CT molecular complexity index is 627. The smallest absolute Gasteiger partial charge is 0.147 e. The van der Waals surface area contributed by atoms with Gasteiger partial charge in [-0.25, -0.2) is 4.39 Å². The molecular weight excluding hydrogens is 239 g/mol. The van der Waals surface area contributed by atoms with Crippen LogP contribution in [0.3, 0.4) is 0 Å². The molecule has 3 heteroatoms. The van der Waals surface area contributed by atoms with Crippen molar-refractivity contribution >= 4 is 11.4 Å². The SMILES string of the molecule is CC(C)c1cccc(Nc2ccc(C#N)cc2F)c1. The van der Waals surface area contributed by atoms with E-state index in [4.69, 9.17) is 5.26 Å². The molecule has 0 spiro atoms. The Balaban J connectivity index is 2.26. The van der Waals surface area contributed by atoms with Gasteiger partial charge in [-0.3, -0.25) is 0 Å². The molecule has 96 valence electrons. The molecule has 0 saturated carbocycles. The summed E-state index contributed by atoms with van der Waals surface area (Å²) in [5, 5.41) is 11.7. The maximum Gasteiger partial charge on any atom is 0.147 e. The van der Waals surface area contributed by atoms with Crippen LogP contribution in [0.1, 0.15) is 30.9 Å². The molecule has 0 atom stereocenters. The summed E-state index contributed by atoms with van der Waals surface area (Å²) in [5.74, 6) is 0.00145. The van der Waals surface area contributed by atoms with Crippen LogP contribution in [0.4, 0.5) is 15.8 Å². The van der Waals surface area contributed by atoms with Crippen LogP contribution in [0.5, 0.6) is 0 Å². The van der Waals surface area contributed by atoms with Crippen LogP contribution >= 0.6 is 0 Å². The van der Waals surface area contributed by atoms with Crippen LogP contribution in [0, 0.1) is 17.1 Å². The number of rotatable bonds is 3. The van der Waals surface area contributed by atoms with Crippen LogP contribution in [0.2, 0.25) is 0 Å². The summed E-state index contributed by atoms with van der Waals surface area (Å²) in [4.78, 5) is 0. The minimum Gasteiger partial charge on any atom is -0.353 e. The monoisotopic (exact) mass is 254 g/mol. The number of anilines is 2. The Hall–Kier alpha value is -2.34. The summed E-state index contributed by atoms with van der Waals surface area (Å²) < 4.78 is 13.8. The van der Waals surface area contributed by atoms with Crippen molar-refractivity contribution in [3.05, 3.63) is 59.4 Å². The predicted octanol–water partition coefficient (Wildman–Crippen LogP) is 4.56. The zero-order chi connectivity index (χ0) is 13.8. The molecule has 0 bridgehead atoms. The van der Waals surface area contributed by atoms with E-state index in [-0.39, 0.29) is 0 Å². The lowest BCUT2D eigenvalue weighted by Gasteiger charge is -2.11. The second-order valence-corrected chi connectivity index (χ2v) is 4.71. The Morgan fingerprint density at radius 3 is 2.58 bits per heavy atom. The maximum absolute atomic E-state index is 13.8. The molecule has 0 heterocycles. The topological polar surface area (TPSA) is 35.8 Å². The fourth-order valence-electron chi connectivity index (χ4n) is 1.82. The van der Waals surface area contributed by atoms with Gasteiger partial charge in [0.2, 0.25) is 0 Å². The lowest BCUT2D eigenvalue weighted by Crippen LogP contribution is -1.96. The van der Waals surface area contributed by atoms with Crippen molar-refractivity contribution in [1.82, 2.24) is 0 Å². The van der Waals surface area contributed by atoms with Gasteiger partial charge in [-0.2, -0.15) is 5.26 Å². The number of nitriles is 1. The molecule has 0 aliphatic rings. The van der Waals surface area contributed by atoms with Gasteiger partial charge in [0, 0.05) is 5.69 Å². The fraction of sp³-hybridized carbons (Fsp3) is 0.188. The van der Waals surface area contributed by atoms with Crippen LogP contribution in [0.15, 0.2) is 42.5 Å². The highest BCUT2D eigenvalue weighted by atomic mass is 19.1. The molecule has 2 aromatic rings. The van der Waals surface area contributed by atoms with E-state index in [0.29, 0.717) is 17.2 Å². The molecule has 2 nitrogen and oxygen atoms in total. The fourth-order valence-corrected chi connectivity index (χ4v) is 1.82. The van der Waals surface area contributed by atoms with Gasteiger partial charge >= 0.3 is 0 Å². The van der Waals surface area contributed by atoms with E-state index < -0.39 is 5.82 Å². The van der Waals surface area contributed by atoms with Gasteiger partial charge in [0.25, 0.3) is 0 Å². The molecule has 0 radical (unpaired) electrons. The first-order chi connectivity index (χ1) is 9.10. The molecule has 0 amide bonds. The van der Waals surface area contributed by atoms with E-state index in [0.717, 1.165) is 5.69 Å². The van der Waals surface area contributed by atoms with Gasteiger partial charge in [-0.15, -0.1) is 0 Å². The van der Waals surface area contributed by atoms with Crippen LogP contribution < -0.4 is 5.32 Å². The van der Waals surface area contributed by atoms with E-state index in [1.807, 2.05) is 30.3 Å².